The number of hydrogen-bond acceptors (Lipinski definition) is 4. The van der Waals surface area contributed by atoms with E-state index in [1.807, 2.05) is 0 Å². The highest BCUT2D eigenvalue weighted by Crippen LogP contribution is 2.26. The van der Waals surface area contributed by atoms with Crippen molar-refractivity contribution in [1.29, 1.82) is 0 Å². The van der Waals surface area contributed by atoms with Gasteiger partial charge in [0.05, 0.1) is 5.56 Å². The Hall–Kier alpha value is -2.89. The first-order valence-electron chi connectivity index (χ1n) is 6.17. The Bertz CT molecular complexity index is 708. The van der Waals surface area contributed by atoms with Gasteiger partial charge < -0.3 is 15.6 Å². The third-order valence-electron chi connectivity index (χ3n) is 2.87. The molecule has 0 aliphatic heterocycles. The third kappa shape index (κ3) is 3.17. The van der Waals surface area contributed by atoms with Crippen LogP contribution >= 0.6 is 0 Å². The van der Waals surface area contributed by atoms with E-state index in [4.69, 9.17) is 15.6 Å². The maximum absolute atomic E-state index is 11.5. The van der Waals surface area contributed by atoms with E-state index in [9.17, 15) is 9.59 Å². The second-order valence-electron chi connectivity index (χ2n) is 4.56. The van der Waals surface area contributed by atoms with Crippen LogP contribution in [0.4, 0.5) is 0 Å². The van der Waals surface area contributed by atoms with Gasteiger partial charge in [-0.05, 0) is 49.7 Å². The van der Waals surface area contributed by atoms with Crippen molar-refractivity contribution in [2.45, 2.75) is 13.8 Å². The Labute approximate surface area is 121 Å². The fraction of sp³-hybridized carbons (Fsp3) is 0.133. The number of primary amides is 1. The first-order chi connectivity index (χ1) is 9.88. The molecule has 0 atom stereocenters. The topological polar surface area (TPSA) is 103 Å². The van der Waals surface area contributed by atoms with Crippen LogP contribution in [0, 0.1) is 13.8 Å². The first kappa shape index (κ1) is 14.5. The van der Waals surface area contributed by atoms with Gasteiger partial charge in [0.25, 0.3) is 5.91 Å². The molecule has 1 heterocycles. The molecule has 0 aliphatic carbocycles. The fourth-order valence-electron chi connectivity index (χ4n) is 1.95. The highest BCUT2D eigenvalue weighted by Gasteiger charge is 2.16. The monoisotopic (exact) mass is 286 g/mol. The van der Waals surface area contributed by atoms with Crippen LogP contribution in [-0.2, 0) is 0 Å². The van der Waals surface area contributed by atoms with Crippen LogP contribution in [-0.4, -0.2) is 22.0 Å². The number of ether oxygens (including phenoxy) is 1. The SMILES string of the molecule is Cc1cc(C)c(C(N)=O)c(Oc2ccc(C(=O)O)cc2)n1. The molecule has 0 fully saturated rings. The summed E-state index contributed by atoms with van der Waals surface area (Å²) < 4.78 is 5.56. The summed E-state index contributed by atoms with van der Waals surface area (Å²) in [6.07, 6.45) is 0. The second-order valence-corrected chi connectivity index (χ2v) is 4.56. The van der Waals surface area contributed by atoms with Gasteiger partial charge in [0, 0.05) is 5.69 Å². The zero-order valence-electron chi connectivity index (χ0n) is 11.6. The van der Waals surface area contributed by atoms with E-state index < -0.39 is 11.9 Å². The molecule has 0 saturated carbocycles. The molecule has 1 amide bonds. The lowest BCUT2D eigenvalue weighted by Gasteiger charge is -2.11. The fourth-order valence-corrected chi connectivity index (χ4v) is 1.95. The van der Waals surface area contributed by atoms with Crippen LogP contribution in [0.1, 0.15) is 32.0 Å². The van der Waals surface area contributed by atoms with Crippen LogP contribution < -0.4 is 10.5 Å². The van der Waals surface area contributed by atoms with Crippen molar-refractivity contribution in [3.05, 3.63) is 52.7 Å². The van der Waals surface area contributed by atoms with Crippen molar-refractivity contribution in [2.24, 2.45) is 5.73 Å². The summed E-state index contributed by atoms with van der Waals surface area (Å²) in [6.45, 7) is 3.52. The molecule has 2 aromatic rings. The van der Waals surface area contributed by atoms with Crippen LogP contribution in [0.3, 0.4) is 0 Å². The number of carbonyl (C=O) groups excluding carboxylic acids is 1. The summed E-state index contributed by atoms with van der Waals surface area (Å²) in [5.41, 5.74) is 7.06. The summed E-state index contributed by atoms with van der Waals surface area (Å²) in [6, 6.07) is 7.54. The van der Waals surface area contributed by atoms with E-state index in [-0.39, 0.29) is 17.0 Å². The van der Waals surface area contributed by atoms with Gasteiger partial charge in [0.1, 0.15) is 11.3 Å². The predicted octanol–water partition coefficient (Wildman–Crippen LogP) is 2.29. The smallest absolute Gasteiger partial charge is 0.335 e. The molecule has 2 rings (SSSR count). The zero-order chi connectivity index (χ0) is 15.6. The van der Waals surface area contributed by atoms with E-state index in [0.717, 1.165) is 0 Å². The predicted molar refractivity (Wildman–Crippen MR) is 75.7 cm³/mol. The van der Waals surface area contributed by atoms with E-state index in [0.29, 0.717) is 17.0 Å². The van der Waals surface area contributed by atoms with Crippen LogP contribution in [0.2, 0.25) is 0 Å². The minimum absolute atomic E-state index is 0.114. The number of rotatable bonds is 4. The van der Waals surface area contributed by atoms with Crippen LogP contribution in [0.25, 0.3) is 0 Å². The van der Waals surface area contributed by atoms with Crippen molar-refractivity contribution < 1.29 is 19.4 Å². The van der Waals surface area contributed by atoms with Gasteiger partial charge >= 0.3 is 5.97 Å². The normalized spacial score (nSPS) is 10.2. The number of carboxylic acid groups (broad SMARTS) is 1. The molecule has 0 saturated heterocycles. The maximum atomic E-state index is 11.5. The Morgan fingerprint density at radius 1 is 1.19 bits per heavy atom. The standard InChI is InChI=1S/C15H14N2O4/c1-8-7-9(2)17-14(12(8)13(16)18)21-11-5-3-10(4-6-11)15(19)20/h3-7H,1-2H3,(H2,16,18)(H,19,20). The van der Waals surface area contributed by atoms with Gasteiger partial charge in [0.2, 0.25) is 5.88 Å². The quantitative estimate of drug-likeness (QED) is 0.897. The molecule has 0 radical (unpaired) electrons. The third-order valence-corrected chi connectivity index (χ3v) is 2.87. The van der Waals surface area contributed by atoms with Crippen molar-refractivity contribution in [1.82, 2.24) is 4.98 Å². The average molecular weight is 286 g/mol. The number of amides is 1. The maximum Gasteiger partial charge on any atom is 0.335 e. The largest absolute Gasteiger partial charge is 0.478 e. The first-order valence-corrected chi connectivity index (χ1v) is 6.17. The molecule has 1 aromatic carbocycles. The molecule has 108 valence electrons. The lowest BCUT2D eigenvalue weighted by atomic mass is 10.1. The Morgan fingerprint density at radius 3 is 2.33 bits per heavy atom. The van der Waals surface area contributed by atoms with Crippen LogP contribution in [0.15, 0.2) is 30.3 Å². The second kappa shape index (κ2) is 5.62. The van der Waals surface area contributed by atoms with Gasteiger partial charge in [0.15, 0.2) is 0 Å². The Balaban J connectivity index is 2.39. The van der Waals surface area contributed by atoms with Crippen molar-refractivity contribution in [2.75, 3.05) is 0 Å². The van der Waals surface area contributed by atoms with Crippen LogP contribution in [0.5, 0.6) is 11.6 Å². The molecule has 0 unspecified atom stereocenters. The number of carboxylic acids is 1. The van der Waals surface area contributed by atoms with E-state index in [1.54, 1.807) is 19.9 Å². The number of benzene rings is 1. The number of pyridine rings is 1. The molecule has 0 spiro atoms. The van der Waals surface area contributed by atoms with Crippen molar-refractivity contribution in [3.63, 3.8) is 0 Å². The molecule has 6 heteroatoms. The van der Waals surface area contributed by atoms with Gasteiger partial charge in [-0.2, -0.15) is 0 Å². The summed E-state index contributed by atoms with van der Waals surface area (Å²) in [7, 11) is 0. The highest BCUT2D eigenvalue weighted by molar-refractivity contribution is 5.96. The summed E-state index contributed by atoms with van der Waals surface area (Å²) in [5, 5.41) is 8.84. The van der Waals surface area contributed by atoms with Gasteiger partial charge in [-0.15, -0.1) is 0 Å². The summed E-state index contributed by atoms with van der Waals surface area (Å²) in [4.78, 5) is 26.5. The molecular weight excluding hydrogens is 272 g/mol. The molecule has 0 bridgehead atoms. The number of hydrogen-bond donors (Lipinski definition) is 2. The minimum atomic E-state index is -1.02. The lowest BCUT2D eigenvalue weighted by Crippen LogP contribution is -2.15. The number of aromatic nitrogens is 1. The summed E-state index contributed by atoms with van der Waals surface area (Å²) in [5.74, 6) is -1.16. The number of nitrogens with two attached hydrogens (primary N) is 1. The molecule has 1 aromatic heterocycles. The van der Waals surface area contributed by atoms with E-state index in [1.165, 1.54) is 24.3 Å². The summed E-state index contributed by atoms with van der Waals surface area (Å²) >= 11 is 0. The molecule has 6 nitrogen and oxygen atoms in total. The number of carbonyl (C=O) groups is 2. The molecular formula is C15H14N2O4. The minimum Gasteiger partial charge on any atom is -0.478 e. The Morgan fingerprint density at radius 2 is 1.81 bits per heavy atom. The Kier molecular flexibility index (Phi) is 3.89. The van der Waals surface area contributed by atoms with Crippen molar-refractivity contribution in [3.8, 4) is 11.6 Å². The number of aryl methyl sites for hydroxylation is 2. The lowest BCUT2D eigenvalue weighted by molar-refractivity contribution is 0.0696. The molecule has 0 aliphatic rings. The number of nitrogens with zero attached hydrogens (tertiary/aromatic N) is 1. The zero-order valence-corrected chi connectivity index (χ0v) is 11.6. The molecule has 3 N–H and O–H groups in total. The van der Waals surface area contributed by atoms with Gasteiger partial charge in [-0.1, -0.05) is 0 Å². The number of aromatic carboxylic acids is 1. The van der Waals surface area contributed by atoms with Gasteiger partial charge in [-0.25, -0.2) is 9.78 Å². The molecule has 21 heavy (non-hydrogen) atoms. The van der Waals surface area contributed by atoms with Gasteiger partial charge in [-0.3, -0.25) is 4.79 Å². The van der Waals surface area contributed by atoms with E-state index in [2.05, 4.69) is 4.98 Å². The van der Waals surface area contributed by atoms with Crippen molar-refractivity contribution >= 4 is 11.9 Å². The highest BCUT2D eigenvalue weighted by atomic mass is 16.5. The average Bonchev–Trinajstić information content (AvgIpc) is 2.37. The van der Waals surface area contributed by atoms with E-state index >= 15 is 0 Å².